The average molecular weight is 541 g/mol. The molecule has 29 heavy (non-hydrogen) atoms. The molecule has 1 aliphatic rings. The van der Waals surface area contributed by atoms with Crippen LogP contribution in [0.5, 0.6) is 11.5 Å². The Balaban J connectivity index is 1.88. The lowest BCUT2D eigenvalue weighted by Crippen LogP contribution is -2.27. The second-order valence-corrected chi connectivity index (χ2v) is 8.76. The highest BCUT2D eigenvalue weighted by atomic mass is 79.9. The molecule has 0 bridgehead atoms. The van der Waals surface area contributed by atoms with Crippen LogP contribution in [0.4, 0.5) is 4.79 Å². The van der Waals surface area contributed by atoms with Crippen molar-refractivity contribution in [1.82, 2.24) is 4.90 Å². The number of nitrogens with zero attached hydrogens (tertiary/aromatic N) is 1. The van der Waals surface area contributed by atoms with Crippen LogP contribution in [0.25, 0.3) is 6.08 Å². The monoisotopic (exact) mass is 539 g/mol. The molecule has 0 aliphatic carbocycles. The normalized spacial score (nSPS) is 15.3. The molecule has 1 heterocycles. The summed E-state index contributed by atoms with van der Waals surface area (Å²) in [6.45, 7) is 5.01. The van der Waals surface area contributed by atoms with E-state index in [-0.39, 0.29) is 17.7 Å². The predicted molar refractivity (Wildman–Crippen MR) is 122 cm³/mol. The van der Waals surface area contributed by atoms with Crippen LogP contribution in [0.3, 0.4) is 0 Å². The van der Waals surface area contributed by atoms with Gasteiger partial charge in [-0.1, -0.05) is 34.1 Å². The van der Waals surface area contributed by atoms with E-state index in [0.29, 0.717) is 29.6 Å². The summed E-state index contributed by atoms with van der Waals surface area (Å²) in [5, 5.41) is -0.285. The topological polar surface area (TPSA) is 55.8 Å². The second kappa shape index (κ2) is 9.82. The van der Waals surface area contributed by atoms with Crippen LogP contribution >= 0.6 is 43.6 Å². The van der Waals surface area contributed by atoms with Crippen LogP contribution in [0.15, 0.2) is 50.2 Å². The van der Waals surface area contributed by atoms with E-state index in [1.54, 1.807) is 12.1 Å². The molecular formula is C21H19Br2NO4S. The van der Waals surface area contributed by atoms with Gasteiger partial charge in [0.1, 0.15) is 0 Å². The quantitative estimate of drug-likeness (QED) is 0.389. The molecular weight excluding hydrogens is 522 g/mol. The number of ether oxygens (including phenoxy) is 2. The number of hydrogen-bond donors (Lipinski definition) is 0. The molecule has 0 unspecified atom stereocenters. The lowest BCUT2D eigenvalue weighted by Gasteiger charge is -2.14. The van der Waals surface area contributed by atoms with Gasteiger partial charge in [-0.05, 0) is 76.9 Å². The molecule has 0 N–H and O–H groups in total. The molecule has 3 rings (SSSR count). The van der Waals surface area contributed by atoms with Crippen molar-refractivity contribution in [3.05, 3.63) is 61.4 Å². The van der Waals surface area contributed by atoms with Crippen molar-refractivity contribution in [3.63, 3.8) is 0 Å². The minimum atomic E-state index is -0.307. The van der Waals surface area contributed by atoms with Crippen LogP contribution in [0, 0.1) is 0 Å². The fourth-order valence-electron chi connectivity index (χ4n) is 2.80. The van der Waals surface area contributed by atoms with Crippen molar-refractivity contribution in [2.75, 3.05) is 13.2 Å². The minimum absolute atomic E-state index is 0.223. The Morgan fingerprint density at radius 3 is 2.45 bits per heavy atom. The maximum absolute atomic E-state index is 12.8. The van der Waals surface area contributed by atoms with Crippen LogP contribution in [0.1, 0.15) is 25.0 Å². The van der Waals surface area contributed by atoms with Gasteiger partial charge in [0.2, 0.25) is 0 Å². The molecule has 1 fully saturated rings. The fourth-order valence-corrected chi connectivity index (χ4v) is 4.63. The lowest BCUT2D eigenvalue weighted by molar-refractivity contribution is -0.123. The van der Waals surface area contributed by atoms with Gasteiger partial charge in [0.15, 0.2) is 11.5 Å². The Kier molecular flexibility index (Phi) is 7.43. The zero-order chi connectivity index (χ0) is 21.0. The number of rotatable bonds is 7. The average Bonchev–Trinajstić information content (AvgIpc) is 2.94. The molecule has 0 spiro atoms. The van der Waals surface area contributed by atoms with Crippen molar-refractivity contribution >= 4 is 60.8 Å². The standard InChI is InChI=1S/C21H19Br2NO4S/c1-3-27-17-10-13(9-16(23)19(17)28-4-2)11-18-20(25)24(21(26)29-18)12-14-7-5-6-8-15(14)22/h5-11H,3-4,12H2,1-2H3/b18-11+. The van der Waals surface area contributed by atoms with Crippen LogP contribution < -0.4 is 9.47 Å². The molecule has 0 radical (unpaired) electrons. The van der Waals surface area contributed by atoms with Crippen molar-refractivity contribution in [2.24, 2.45) is 0 Å². The molecule has 0 aromatic heterocycles. The molecule has 1 aliphatic heterocycles. The van der Waals surface area contributed by atoms with Crippen molar-refractivity contribution < 1.29 is 19.1 Å². The van der Waals surface area contributed by atoms with E-state index >= 15 is 0 Å². The highest BCUT2D eigenvalue weighted by molar-refractivity contribution is 9.10. The number of imide groups is 1. The predicted octanol–water partition coefficient (Wildman–Crippen LogP) is 6.25. The summed E-state index contributed by atoms with van der Waals surface area (Å²) in [4.78, 5) is 26.9. The number of benzene rings is 2. The largest absolute Gasteiger partial charge is 0.490 e. The third kappa shape index (κ3) is 5.05. The second-order valence-electron chi connectivity index (χ2n) is 6.06. The minimum Gasteiger partial charge on any atom is -0.490 e. The Bertz CT molecular complexity index is 977. The first-order valence-electron chi connectivity index (χ1n) is 9.02. The number of amides is 2. The summed E-state index contributed by atoms with van der Waals surface area (Å²) in [5.74, 6) is 0.898. The Morgan fingerprint density at radius 1 is 1.03 bits per heavy atom. The van der Waals surface area contributed by atoms with Crippen LogP contribution in [-0.2, 0) is 11.3 Å². The van der Waals surface area contributed by atoms with Crippen LogP contribution in [0.2, 0.25) is 0 Å². The first-order chi connectivity index (χ1) is 13.9. The molecule has 2 aromatic rings. The number of halogens is 2. The Morgan fingerprint density at radius 2 is 1.76 bits per heavy atom. The van der Waals surface area contributed by atoms with Gasteiger partial charge in [0.05, 0.1) is 29.1 Å². The van der Waals surface area contributed by atoms with Gasteiger partial charge in [-0.15, -0.1) is 0 Å². The van der Waals surface area contributed by atoms with E-state index in [4.69, 9.17) is 9.47 Å². The highest BCUT2D eigenvalue weighted by Gasteiger charge is 2.35. The third-order valence-electron chi connectivity index (χ3n) is 4.08. The molecule has 5 nitrogen and oxygen atoms in total. The lowest BCUT2D eigenvalue weighted by atomic mass is 10.1. The Hall–Kier alpha value is -1.77. The summed E-state index contributed by atoms with van der Waals surface area (Å²) in [5.41, 5.74) is 1.62. The maximum Gasteiger partial charge on any atom is 0.293 e. The summed E-state index contributed by atoms with van der Waals surface area (Å²) in [7, 11) is 0. The summed E-state index contributed by atoms with van der Waals surface area (Å²) in [6.07, 6.45) is 1.70. The smallest absolute Gasteiger partial charge is 0.293 e. The molecule has 8 heteroatoms. The molecule has 2 aromatic carbocycles. The molecule has 152 valence electrons. The van der Waals surface area contributed by atoms with Gasteiger partial charge in [0.25, 0.3) is 11.1 Å². The van der Waals surface area contributed by atoms with E-state index in [1.165, 1.54) is 4.90 Å². The van der Waals surface area contributed by atoms with Crippen molar-refractivity contribution in [1.29, 1.82) is 0 Å². The highest BCUT2D eigenvalue weighted by Crippen LogP contribution is 2.39. The van der Waals surface area contributed by atoms with Gasteiger partial charge in [-0.25, -0.2) is 0 Å². The zero-order valence-corrected chi connectivity index (χ0v) is 19.9. The SMILES string of the molecule is CCOc1cc(/C=C2/SC(=O)N(Cc3ccccc3Br)C2=O)cc(Br)c1OCC. The number of carbonyl (C=O) groups excluding carboxylic acids is 2. The first kappa shape index (κ1) is 21.9. The maximum atomic E-state index is 12.8. The van der Waals surface area contributed by atoms with E-state index in [9.17, 15) is 9.59 Å². The molecule has 0 saturated carbocycles. The van der Waals surface area contributed by atoms with E-state index in [1.807, 2.05) is 44.2 Å². The zero-order valence-electron chi connectivity index (χ0n) is 15.9. The van der Waals surface area contributed by atoms with E-state index in [0.717, 1.165) is 31.8 Å². The fraction of sp³-hybridized carbons (Fsp3) is 0.238. The van der Waals surface area contributed by atoms with Gasteiger partial charge >= 0.3 is 0 Å². The number of carbonyl (C=O) groups is 2. The van der Waals surface area contributed by atoms with Gasteiger partial charge < -0.3 is 9.47 Å². The van der Waals surface area contributed by atoms with Gasteiger partial charge in [-0.2, -0.15) is 0 Å². The molecule has 1 saturated heterocycles. The van der Waals surface area contributed by atoms with Crippen molar-refractivity contribution in [2.45, 2.75) is 20.4 Å². The van der Waals surface area contributed by atoms with Gasteiger partial charge in [0, 0.05) is 4.47 Å². The number of hydrogen-bond acceptors (Lipinski definition) is 5. The molecule has 2 amide bonds. The summed E-state index contributed by atoms with van der Waals surface area (Å²) >= 11 is 7.90. The summed E-state index contributed by atoms with van der Waals surface area (Å²) in [6, 6.07) is 11.2. The van der Waals surface area contributed by atoms with Crippen molar-refractivity contribution in [3.8, 4) is 11.5 Å². The first-order valence-corrected chi connectivity index (χ1v) is 11.4. The Labute approximate surface area is 190 Å². The van der Waals surface area contributed by atoms with E-state index in [2.05, 4.69) is 31.9 Å². The number of thioether (sulfide) groups is 1. The van der Waals surface area contributed by atoms with Crippen LogP contribution in [-0.4, -0.2) is 29.3 Å². The third-order valence-corrected chi connectivity index (χ3v) is 6.35. The van der Waals surface area contributed by atoms with E-state index < -0.39 is 0 Å². The molecule has 0 atom stereocenters. The van der Waals surface area contributed by atoms with Gasteiger partial charge in [-0.3, -0.25) is 14.5 Å². The summed E-state index contributed by atoms with van der Waals surface area (Å²) < 4.78 is 12.9.